The van der Waals surface area contributed by atoms with Crippen LogP contribution in [0.2, 0.25) is 0 Å². The highest BCUT2D eigenvalue weighted by Gasteiger charge is 2.72. The van der Waals surface area contributed by atoms with Crippen LogP contribution in [0.5, 0.6) is 5.95 Å². The molecule has 2 aliphatic carbocycles. The van der Waals surface area contributed by atoms with E-state index in [1.807, 2.05) is 0 Å². The Labute approximate surface area is 181 Å². The molecular weight excluding hydrogens is 463 g/mol. The Morgan fingerprint density at radius 3 is 2.00 bits per heavy atom. The van der Waals surface area contributed by atoms with Gasteiger partial charge in [0, 0.05) is 5.56 Å². The van der Waals surface area contributed by atoms with E-state index in [0.717, 1.165) is 0 Å². The van der Waals surface area contributed by atoms with Crippen molar-refractivity contribution in [2.45, 2.75) is 24.6 Å². The topological polar surface area (TPSA) is 91.7 Å². The van der Waals surface area contributed by atoms with E-state index in [1.165, 1.54) is 35.4 Å². The van der Waals surface area contributed by atoms with E-state index >= 15 is 0 Å². The summed E-state index contributed by atoms with van der Waals surface area (Å²) in [4.78, 5) is 3.66. The number of fused-ring (bicyclic) bond motifs is 1. The second kappa shape index (κ2) is 8.81. The molecule has 0 spiro atoms. The van der Waals surface area contributed by atoms with Crippen LogP contribution in [-0.4, -0.2) is 34.7 Å². The summed E-state index contributed by atoms with van der Waals surface area (Å²) < 4.78 is 97.1. The molecule has 0 aliphatic heterocycles. The van der Waals surface area contributed by atoms with Crippen LogP contribution in [0.3, 0.4) is 0 Å². The summed E-state index contributed by atoms with van der Waals surface area (Å²) in [5.74, 6) is -13.0. The van der Waals surface area contributed by atoms with Crippen molar-refractivity contribution in [3.8, 4) is 28.5 Å². The zero-order valence-corrected chi connectivity index (χ0v) is 16.3. The molecular formula is C20H14F7N3O3. The third kappa shape index (κ3) is 4.97. The second-order valence-electron chi connectivity index (χ2n) is 6.81. The van der Waals surface area contributed by atoms with Crippen molar-refractivity contribution < 1.29 is 45.0 Å². The number of nitrogens with one attached hydrogen (secondary N) is 1. The third-order valence-electron chi connectivity index (χ3n) is 4.46. The normalized spacial score (nSPS) is 12.7. The highest BCUT2D eigenvalue weighted by atomic mass is 19.4. The van der Waals surface area contributed by atoms with Crippen LogP contribution in [0.1, 0.15) is 5.56 Å². The highest BCUT2D eigenvalue weighted by Crippen LogP contribution is 2.46. The van der Waals surface area contributed by atoms with Crippen molar-refractivity contribution in [2.24, 2.45) is 5.11 Å². The fourth-order valence-corrected chi connectivity index (χ4v) is 2.55. The molecule has 2 aromatic rings. The van der Waals surface area contributed by atoms with Gasteiger partial charge in [-0.25, -0.2) is 5.53 Å². The maximum absolute atomic E-state index is 13.2. The fourth-order valence-electron chi connectivity index (χ4n) is 2.55. The molecule has 0 unspecified atom stereocenters. The molecule has 176 valence electrons. The number of oxazole rings is 1. The van der Waals surface area contributed by atoms with Crippen molar-refractivity contribution in [1.82, 2.24) is 4.98 Å². The Morgan fingerprint density at radius 1 is 0.939 bits per heavy atom. The minimum atomic E-state index is -6.42. The van der Waals surface area contributed by atoms with E-state index in [4.69, 9.17) is 9.95 Å². The number of nitrogens with zero attached hydrogens (tertiary/aromatic N) is 2. The van der Waals surface area contributed by atoms with Gasteiger partial charge in [-0.2, -0.15) is 35.7 Å². The van der Waals surface area contributed by atoms with Gasteiger partial charge in [0.2, 0.25) is 5.89 Å². The van der Waals surface area contributed by atoms with Crippen molar-refractivity contribution in [3.63, 3.8) is 0 Å². The fraction of sp³-hybridized carbons (Fsp3) is 0.250. The lowest BCUT2D eigenvalue weighted by molar-refractivity contribution is -0.361. The highest BCUT2D eigenvalue weighted by molar-refractivity contribution is 5.75. The number of aromatic hydroxyl groups is 1. The molecule has 1 aromatic carbocycles. The maximum atomic E-state index is 13.2. The number of benzene rings is 2. The molecule has 0 amide bonds. The standard InChI is InChI=1S/C14H10F7N3O3.C6H4/c15-12(16,13(17,18)14(19,20)21)6-26-5-7-2-1-3-8(4-7)10-23-9(24-22)11(25)27-10;1-2-6-4-3-5(1)6/h1-4,22,25H,5-6H2;1-4H. The van der Waals surface area contributed by atoms with Crippen molar-refractivity contribution >= 4 is 5.82 Å². The number of halogens is 7. The molecule has 13 heteroatoms. The number of rotatable bonds is 7. The molecule has 1 aromatic heterocycles. The van der Waals surface area contributed by atoms with Gasteiger partial charge in [0.1, 0.15) is 6.61 Å². The van der Waals surface area contributed by atoms with E-state index < -0.39 is 43.0 Å². The summed E-state index contributed by atoms with van der Waals surface area (Å²) in [5, 5.41) is 12.2. The first kappa shape index (κ1) is 24.2. The summed E-state index contributed by atoms with van der Waals surface area (Å²) in [6.45, 7) is -2.87. The van der Waals surface area contributed by atoms with Gasteiger partial charge in [-0.05, 0) is 28.8 Å². The zero-order chi connectivity index (χ0) is 24.4. The molecule has 1 heterocycles. The van der Waals surface area contributed by atoms with Crippen LogP contribution >= 0.6 is 0 Å². The number of hydrogen-bond donors (Lipinski definition) is 2. The molecule has 6 nitrogen and oxygen atoms in total. The van der Waals surface area contributed by atoms with Gasteiger partial charge in [-0.1, -0.05) is 36.4 Å². The molecule has 2 aliphatic rings. The predicted octanol–water partition coefficient (Wildman–Crippen LogP) is 6.73. The van der Waals surface area contributed by atoms with Gasteiger partial charge in [0.15, 0.2) is 0 Å². The SMILES string of the molecule is N=Nc1nc(-c2cccc(COCC(F)(F)C(F)(F)C(F)(F)F)c2)oc1O.c1cc2ccc1-2. The molecule has 0 radical (unpaired) electrons. The first-order chi connectivity index (χ1) is 15.4. The minimum Gasteiger partial charge on any atom is -0.478 e. The Balaban J connectivity index is 0.000000431. The van der Waals surface area contributed by atoms with Gasteiger partial charge in [-0.15, -0.1) is 5.11 Å². The molecule has 0 saturated carbocycles. The molecule has 0 atom stereocenters. The van der Waals surface area contributed by atoms with E-state index in [-0.39, 0.29) is 17.0 Å². The largest absolute Gasteiger partial charge is 0.478 e. The number of aromatic nitrogens is 1. The van der Waals surface area contributed by atoms with Crippen molar-refractivity contribution in [3.05, 3.63) is 54.1 Å². The first-order valence-corrected chi connectivity index (χ1v) is 9.03. The minimum absolute atomic E-state index is 0.126. The monoisotopic (exact) mass is 477 g/mol. The van der Waals surface area contributed by atoms with Crippen LogP contribution in [0.25, 0.3) is 22.6 Å². The number of alkyl halides is 7. The van der Waals surface area contributed by atoms with Crippen LogP contribution in [0, 0.1) is 5.53 Å². The van der Waals surface area contributed by atoms with Crippen LogP contribution in [-0.2, 0) is 11.3 Å². The Morgan fingerprint density at radius 2 is 1.55 bits per heavy atom. The van der Waals surface area contributed by atoms with Crippen molar-refractivity contribution in [1.29, 1.82) is 5.53 Å². The third-order valence-corrected chi connectivity index (χ3v) is 4.46. The van der Waals surface area contributed by atoms with Gasteiger partial charge in [0.05, 0.1) is 6.61 Å². The molecule has 0 bridgehead atoms. The van der Waals surface area contributed by atoms with E-state index in [1.54, 1.807) is 0 Å². The average molecular weight is 477 g/mol. The van der Waals surface area contributed by atoms with Gasteiger partial charge in [0.25, 0.3) is 5.82 Å². The summed E-state index contributed by atoms with van der Waals surface area (Å²) in [6, 6.07) is 13.8. The van der Waals surface area contributed by atoms with E-state index in [9.17, 15) is 35.8 Å². The molecule has 4 rings (SSSR count). The quantitative estimate of drug-likeness (QED) is 0.228. The first-order valence-electron chi connectivity index (χ1n) is 9.03. The summed E-state index contributed by atoms with van der Waals surface area (Å²) >= 11 is 0. The van der Waals surface area contributed by atoms with Crippen LogP contribution < -0.4 is 0 Å². The molecule has 33 heavy (non-hydrogen) atoms. The smallest absolute Gasteiger partial charge is 0.459 e. The Kier molecular flexibility index (Phi) is 6.45. The average Bonchev–Trinajstić information content (AvgIpc) is 3.11. The summed E-state index contributed by atoms with van der Waals surface area (Å²) in [5.41, 5.74) is 9.92. The zero-order valence-electron chi connectivity index (χ0n) is 16.3. The molecule has 0 fully saturated rings. The number of hydrogen-bond acceptors (Lipinski definition) is 6. The van der Waals surface area contributed by atoms with E-state index in [0.29, 0.717) is 0 Å². The van der Waals surface area contributed by atoms with Crippen LogP contribution in [0.4, 0.5) is 36.6 Å². The maximum Gasteiger partial charge on any atom is 0.459 e. The van der Waals surface area contributed by atoms with Crippen molar-refractivity contribution in [2.75, 3.05) is 6.61 Å². The van der Waals surface area contributed by atoms with E-state index in [2.05, 4.69) is 39.1 Å². The van der Waals surface area contributed by atoms with Gasteiger partial charge >= 0.3 is 24.0 Å². The Bertz CT molecular complexity index is 1110. The second-order valence-corrected chi connectivity index (χ2v) is 6.81. The lowest BCUT2D eigenvalue weighted by atomic mass is 9.95. The summed E-state index contributed by atoms with van der Waals surface area (Å²) in [7, 11) is 0. The molecule has 0 saturated heterocycles. The van der Waals surface area contributed by atoms with Gasteiger partial charge < -0.3 is 14.3 Å². The molecule has 2 N–H and O–H groups in total. The summed E-state index contributed by atoms with van der Waals surface area (Å²) in [6.07, 6.45) is -6.42. The van der Waals surface area contributed by atoms with Crippen LogP contribution in [0.15, 0.2) is 58.1 Å². The van der Waals surface area contributed by atoms with Gasteiger partial charge in [-0.3, -0.25) is 0 Å². The lowest BCUT2D eigenvalue weighted by Gasteiger charge is -2.27. The number of ether oxygens (including phenoxy) is 1. The predicted molar refractivity (Wildman–Crippen MR) is 99.5 cm³/mol. The lowest BCUT2D eigenvalue weighted by Crippen LogP contribution is -2.54. The Hall–Kier alpha value is -3.48.